The minimum atomic E-state index is -0.405. The molecule has 0 atom stereocenters. The summed E-state index contributed by atoms with van der Waals surface area (Å²) in [4.78, 5) is 12.1. The lowest BCUT2D eigenvalue weighted by Crippen LogP contribution is -2.08. The summed E-state index contributed by atoms with van der Waals surface area (Å²) in [6, 6.07) is 14.2. The van der Waals surface area contributed by atoms with Crippen molar-refractivity contribution in [1.29, 1.82) is 0 Å². The highest BCUT2D eigenvalue weighted by Crippen LogP contribution is 2.19. The second-order valence-electron chi connectivity index (χ2n) is 4.91. The van der Waals surface area contributed by atoms with E-state index in [1.807, 2.05) is 19.1 Å². The Kier molecular flexibility index (Phi) is 3.70. The van der Waals surface area contributed by atoms with Gasteiger partial charge in [0.05, 0.1) is 5.56 Å². The van der Waals surface area contributed by atoms with Gasteiger partial charge in [0.1, 0.15) is 5.75 Å². The highest BCUT2D eigenvalue weighted by molar-refractivity contribution is 5.91. The Labute approximate surface area is 127 Å². The maximum atomic E-state index is 12.1. The molecule has 110 valence electrons. The highest BCUT2D eigenvalue weighted by Gasteiger charge is 2.11. The first-order valence-corrected chi connectivity index (χ1v) is 6.81. The van der Waals surface area contributed by atoms with E-state index >= 15 is 0 Å². The monoisotopic (exact) mass is 294 g/mol. The topological polar surface area (TPSA) is 65.2 Å². The number of hydrogen-bond acceptors (Lipinski definition) is 5. The molecule has 0 saturated heterocycles. The molecule has 0 spiro atoms. The van der Waals surface area contributed by atoms with Crippen molar-refractivity contribution in [3.05, 3.63) is 65.5 Å². The van der Waals surface area contributed by atoms with Crippen LogP contribution in [0.3, 0.4) is 0 Å². The number of hydrogen-bond donors (Lipinski definition) is 0. The number of esters is 1. The number of carbonyl (C=O) groups is 1. The average Bonchev–Trinajstić information content (AvgIpc) is 2.96. The fraction of sp³-hybridized carbons (Fsp3) is 0.118. The predicted molar refractivity (Wildman–Crippen MR) is 80.6 cm³/mol. The molecule has 0 aliphatic heterocycles. The second-order valence-corrected chi connectivity index (χ2v) is 4.91. The number of rotatable bonds is 3. The summed E-state index contributed by atoms with van der Waals surface area (Å²) in [5.74, 6) is 1.04. The maximum Gasteiger partial charge on any atom is 0.343 e. The van der Waals surface area contributed by atoms with Crippen LogP contribution >= 0.6 is 0 Å². The van der Waals surface area contributed by atoms with E-state index in [1.165, 1.54) is 0 Å². The molecule has 3 aromatic rings. The number of benzene rings is 2. The number of ether oxygens (including phenoxy) is 1. The molecular formula is C17H14N2O3. The summed E-state index contributed by atoms with van der Waals surface area (Å²) in [7, 11) is 0. The minimum absolute atomic E-state index is 0.405. The van der Waals surface area contributed by atoms with E-state index in [0.29, 0.717) is 23.1 Å². The number of nitrogens with zero attached hydrogens (tertiary/aromatic N) is 2. The first-order chi connectivity index (χ1) is 10.6. The summed E-state index contributed by atoms with van der Waals surface area (Å²) >= 11 is 0. The van der Waals surface area contributed by atoms with Crippen LogP contribution in [0.5, 0.6) is 5.75 Å². The summed E-state index contributed by atoms with van der Waals surface area (Å²) in [6.07, 6.45) is 0. The molecule has 3 rings (SSSR count). The molecular weight excluding hydrogens is 280 g/mol. The molecule has 0 unspecified atom stereocenters. The molecule has 0 amide bonds. The van der Waals surface area contributed by atoms with Crippen molar-refractivity contribution < 1.29 is 13.9 Å². The van der Waals surface area contributed by atoms with Crippen molar-refractivity contribution in [3.8, 4) is 17.2 Å². The quantitative estimate of drug-likeness (QED) is 0.545. The van der Waals surface area contributed by atoms with Crippen LogP contribution in [0.4, 0.5) is 0 Å². The summed E-state index contributed by atoms with van der Waals surface area (Å²) in [5, 5.41) is 7.71. The van der Waals surface area contributed by atoms with E-state index in [-0.39, 0.29) is 0 Å². The molecule has 0 radical (unpaired) electrons. The Bertz CT molecular complexity index is 790. The lowest BCUT2D eigenvalue weighted by molar-refractivity contribution is 0.0734. The standard InChI is InChI=1S/C17H14N2O3/c1-11-3-9-15(10-4-11)22-17(20)14-7-5-13(6-8-14)16-19-18-12(2)21-16/h3-10H,1-2H3. The average molecular weight is 294 g/mol. The fourth-order valence-electron chi connectivity index (χ4n) is 1.93. The van der Waals surface area contributed by atoms with Crippen LogP contribution in [-0.2, 0) is 0 Å². The zero-order valence-electron chi connectivity index (χ0n) is 12.2. The largest absolute Gasteiger partial charge is 0.423 e. The Morgan fingerprint density at radius 3 is 2.23 bits per heavy atom. The third-order valence-corrected chi connectivity index (χ3v) is 3.13. The maximum absolute atomic E-state index is 12.1. The Morgan fingerprint density at radius 1 is 0.955 bits per heavy atom. The molecule has 5 nitrogen and oxygen atoms in total. The summed E-state index contributed by atoms with van der Waals surface area (Å²) in [5.41, 5.74) is 2.33. The Balaban J connectivity index is 1.74. The number of aryl methyl sites for hydroxylation is 2. The molecule has 0 bridgehead atoms. The molecule has 0 aliphatic carbocycles. The molecule has 0 saturated carbocycles. The summed E-state index contributed by atoms with van der Waals surface area (Å²) in [6.45, 7) is 3.70. The van der Waals surface area contributed by atoms with Gasteiger partial charge < -0.3 is 9.15 Å². The molecule has 0 N–H and O–H groups in total. The van der Waals surface area contributed by atoms with Crippen LogP contribution in [0.1, 0.15) is 21.8 Å². The third kappa shape index (κ3) is 3.03. The normalized spacial score (nSPS) is 10.5. The molecule has 1 heterocycles. The van der Waals surface area contributed by atoms with E-state index in [9.17, 15) is 4.79 Å². The van der Waals surface area contributed by atoms with Gasteiger partial charge in [0.15, 0.2) is 0 Å². The van der Waals surface area contributed by atoms with Crippen LogP contribution < -0.4 is 4.74 Å². The van der Waals surface area contributed by atoms with Crippen molar-refractivity contribution in [2.45, 2.75) is 13.8 Å². The van der Waals surface area contributed by atoms with Crippen LogP contribution in [-0.4, -0.2) is 16.2 Å². The van der Waals surface area contributed by atoms with Gasteiger partial charge in [-0.15, -0.1) is 10.2 Å². The van der Waals surface area contributed by atoms with Crippen LogP contribution in [0.15, 0.2) is 52.9 Å². The molecule has 2 aromatic carbocycles. The van der Waals surface area contributed by atoms with Gasteiger partial charge in [-0.25, -0.2) is 4.79 Å². The Morgan fingerprint density at radius 2 is 1.64 bits per heavy atom. The van der Waals surface area contributed by atoms with E-state index in [0.717, 1.165) is 11.1 Å². The zero-order chi connectivity index (χ0) is 15.5. The Hall–Kier alpha value is -2.95. The van der Waals surface area contributed by atoms with Crippen molar-refractivity contribution in [2.75, 3.05) is 0 Å². The van der Waals surface area contributed by atoms with E-state index in [4.69, 9.17) is 9.15 Å². The molecule has 0 fully saturated rings. The lowest BCUT2D eigenvalue weighted by atomic mass is 10.1. The van der Waals surface area contributed by atoms with E-state index in [2.05, 4.69) is 10.2 Å². The van der Waals surface area contributed by atoms with Crippen molar-refractivity contribution in [2.24, 2.45) is 0 Å². The molecule has 0 aliphatic rings. The van der Waals surface area contributed by atoms with Gasteiger partial charge in [-0.3, -0.25) is 0 Å². The van der Waals surface area contributed by atoms with Crippen LogP contribution in [0.25, 0.3) is 11.5 Å². The van der Waals surface area contributed by atoms with Crippen molar-refractivity contribution >= 4 is 5.97 Å². The number of aromatic nitrogens is 2. The SMILES string of the molecule is Cc1ccc(OC(=O)c2ccc(-c3nnc(C)o3)cc2)cc1. The van der Waals surface area contributed by atoms with Crippen LogP contribution in [0.2, 0.25) is 0 Å². The minimum Gasteiger partial charge on any atom is -0.423 e. The first kappa shape index (κ1) is 14.0. The predicted octanol–water partition coefficient (Wildman–Crippen LogP) is 3.57. The van der Waals surface area contributed by atoms with Crippen molar-refractivity contribution in [3.63, 3.8) is 0 Å². The molecule has 5 heteroatoms. The molecule has 22 heavy (non-hydrogen) atoms. The van der Waals surface area contributed by atoms with Gasteiger partial charge in [-0.2, -0.15) is 0 Å². The first-order valence-electron chi connectivity index (χ1n) is 6.81. The zero-order valence-corrected chi connectivity index (χ0v) is 12.2. The van der Waals surface area contributed by atoms with Crippen molar-refractivity contribution in [1.82, 2.24) is 10.2 Å². The second kappa shape index (κ2) is 5.81. The van der Waals surface area contributed by atoms with Gasteiger partial charge in [-0.05, 0) is 43.3 Å². The van der Waals surface area contributed by atoms with Gasteiger partial charge in [0, 0.05) is 12.5 Å². The smallest absolute Gasteiger partial charge is 0.343 e. The molecule has 1 aromatic heterocycles. The number of carbonyl (C=O) groups excluding carboxylic acids is 1. The van der Waals surface area contributed by atoms with Gasteiger partial charge >= 0.3 is 5.97 Å². The van der Waals surface area contributed by atoms with Gasteiger partial charge in [-0.1, -0.05) is 17.7 Å². The lowest BCUT2D eigenvalue weighted by Gasteiger charge is -2.05. The van der Waals surface area contributed by atoms with Gasteiger partial charge in [0.25, 0.3) is 0 Å². The van der Waals surface area contributed by atoms with E-state index in [1.54, 1.807) is 43.3 Å². The summed E-state index contributed by atoms with van der Waals surface area (Å²) < 4.78 is 10.7. The fourth-order valence-corrected chi connectivity index (χ4v) is 1.93. The highest BCUT2D eigenvalue weighted by atomic mass is 16.5. The van der Waals surface area contributed by atoms with E-state index < -0.39 is 5.97 Å². The third-order valence-electron chi connectivity index (χ3n) is 3.13. The van der Waals surface area contributed by atoms with Crippen LogP contribution in [0, 0.1) is 13.8 Å². The van der Waals surface area contributed by atoms with Gasteiger partial charge in [0.2, 0.25) is 11.8 Å².